The third-order valence-corrected chi connectivity index (χ3v) is 8.72. The van der Waals surface area contributed by atoms with Crippen LogP contribution in [0, 0.1) is 41.4 Å². The van der Waals surface area contributed by atoms with Gasteiger partial charge in [0, 0.05) is 24.8 Å². The predicted octanol–water partition coefficient (Wildman–Crippen LogP) is 1.26. The second-order valence-electron chi connectivity index (χ2n) is 12.0. The van der Waals surface area contributed by atoms with Gasteiger partial charge in [0.25, 0.3) is 0 Å². The highest BCUT2D eigenvalue weighted by Crippen LogP contribution is 2.53. The molecule has 6 atom stereocenters. The van der Waals surface area contributed by atoms with E-state index in [4.69, 9.17) is 5.73 Å². The molecule has 0 aromatic heterocycles. The summed E-state index contributed by atoms with van der Waals surface area (Å²) in [4.78, 5) is 78.5. The van der Waals surface area contributed by atoms with Gasteiger partial charge in [0.2, 0.25) is 11.8 Å². The van der Waals surface area contributed by atoms with Crippen molar-refractivity contribution in [2.75, 3.05) is 0 Å². The lowest BCUT2D eigenvalue weighted by Gasteiger charge is -2.52. The summed E-state index contributed by atoms with van der Waals surface area (Å²) in [5.41, 5.74) is 3.67. The fourth-order valence-corrected chi connectivity index (χ4v) is 6.79. The maximum Gasteiger partial charge on any atom is 0.235 e. The van der Waals surface area contributed by atoms with Crippen LogP contribution in [0.4, 0.5) is 0 Å². The van der Waals surface area contributed by atoms with Gasteiger partial charge in [-0.15, -0.1) is 0 Å². The normalized spacial score (nSPS) is 30.2. The van der Waals surface area contributed by atoms with E-state index in [9.17, 15) is 39.0 Å². The molecule has 2 amide bonds. The number of nitrogens with two attached hydrogens (primary N) is 1. The fourth-order valence-electron chi connectivity index (χ4n) is 6.79. The quantitative estimate of drug-likeness (QED) is 0.373. The Morgan fingerprint density at radius 3 is 2.36 bits per heavy atom. The predicted molar refractivity (Wildman–Crippen MR) is 138 cm³/mol. The monoisotopic (exact) mass is 540 g/mol. The molecule has 4 rings (SSSR count). The number of hydrogen-bond acceptors (Lipinski definition) is 8. The minimum atomic E-state index is -2.71. The average molecular weight is 541 g/mol. The van der Waals surface area contributed by atoms with Crippen molar-refractivity contribution in [2.24, 2.45) is 47.2 Å². The maximum absolute atomic E-state index is 13.8. The minimum Gasteiger partial charge on any atom is -0.507 e. The lowest BCUT2D eigenvalue weighted by atomic mass is 9.49. The molecule has 3 aliphatic rings. The zero-order valence-corrected chi connectivity index (χ0v) is 22.7. The van der Waals surface area contributed by atoms with Crippen LogP contribution in [-0.2, 0) is 36.9 Å². The lowest BCUT2D eigenvalue weighted by Crippen LogP contribution is -2.71. The zero-order valence-electron chi connectivity index (χ0n) is 22.7. The van der Waals surface area contributed by atoms with E-state index in [1.165, 1.54) is 6.07 Å². The summed E-state index contributed by atoms with van der Waals surface area (Å²) < 4.78 is 0. The highest BCUT2D eigenvalue weighted by molar-refractivity contribution is 6.31. The van der Waals surface area contributed by atoms with E-state index in [2.05, 4.69) is 5.32 Å². The van der Waals surface area contributed by atoms with Gasteiger partial charge in [0.15, 0.2) is 34.7 Å². The number of primary amides is 1. The Morgan fingerprint density at radius 2 is 1.77 bits per heavy atom. The van der Waals surface area contributed by atoms with Crippen LogP contribution >= 0.6 is 0 Å². The van der Waals surface area contributed by atoms with Crippen LogP contribution in [0.25, 0.3) is 0 Å². The number of Topliss-reactive ketones (excluding diaryl/α,β-unsaturated/α-hetero) is 4. The summed E-state index contributed by atoms with van der Waals surface area (Å²) in [7, 11) is 0. The topological polar surface area (TPSA) is 181 Å². The number of carbonyl (C=O) groups excluding carboxylic acids is 6. The van der Waals surface area contributed by atoms with E-state index >= 15 is 0 Å². The van der Waals surface area contributed by atoms with Gasteiger partial charge in [-0.1, -0.05) is 33.8 Å². The average Bonchev–Trinajstić information content (AvgIpc) is 2.84. The number of amides is 2. The van der Waals surface area contributed by atoms with Crippen LogP contribution in [0.2, 0.25) is 0 Å². The molecule has 0 heterocycles. The molecule has 0 bridgehead atoms. The molecule has 0 radical (unpaired) electrons. The smallest absolute Gasteiger partial charge is 0.235 e. The number of fused-ring (bicyclic) bond motifs is 3. The molecule has 1 aromatic carbocycles. The second kappa shape index (κ2) is 10.3. The third kappa shape index (κ3) is 4.58. The van der Waals surface area contributed by atoms with Crippen LogP contribution < -0.4 is 11.1 Å². The van der Waals surface area contributed by atoms with Crippen LogP contribution in [-0.4, -0.2) is 50.8 Å². The summed E-state index contributed by atoms with van der Waals surface area (Å²) in [6.45, 7) is 7.56. The van der Waals surface area contributed by atoms with Crippen LogP contribution in [0.5, 0.6) is 5.75 Å². The lowest BCUT2D eigenvalue weighted by molar-refractivity contribution is -0.182. The summed E-state index contributed by atoms with van der Waals surface area (Å²) >= 11 is 0. The minimum absolute atomic E-state index is 0.0136. The third-order valence-electron chi connectivity index (χ3n) is 8.72. The molecule has 5 N–H and O–H groups in total. The highest BCUT2D eigenvalue weighted by Gasteiger charge is 2.69. The first-order valence-corrected chi connectivity index (χ1v) is 13.5. The Balaban J connectivity index is 1.72. The molecule has 0 saturated heterocycles. The van der Waals surface area contributed by atoms with E-state index in [0.29, 0.717) is 23.5 Å². The number of rotatable bonds is 7. The molecule has 10 heteroatoms. The van der Waals surface area contributed by atoms with Crippen molar-refractivity contribution < 1.29 is 39.0 Å². The van der Waals surface area contributed by atoms with Gasteiger partial charge >= 0.3 is 0 Å². The summed E-state index contributed by atoms with van der Waals surface area (Å²) in [5.74, 6) is -11.7. The van der Waals surface area contributed by atoms with E-state index in [0.717, 1.165) is 6.42 Å². The molecule has 2 fully saturated rings. The first-order chi connectivity index (χ1) is 18.2. The Kier molecular flexibility index (Phi) is 7.55. The first kappa shape index (κ1) is 28.6. The first-order valence-electron chi connectivity index (χ1n) is 13.5. The standard InChI is InChI=1S/C29H36N2O8/c1-12(2)5-8-19(33)31-11-14-6-7-18(32)22-16(14)9-15-10-17-20(13(3)4)24(34)23(28(30)38)27(37)29(17,39)26(36)21(15)25(22)35/h6-7,12-13,15,17,20-21,23,32,39H,5,8-11H2,1-4H3,(H2,30,38)(H,31,33)/t15-,17-,20-,21?,23?,29-/m0/s1. The molecular weight excluding hydrogens is 504 g/mol. The molecule has 2 unspecified atom stereocenters. The molecule has 0 aliphatic heterocycles. The van der Waals surface area contributed by atoms with Crippen molar-refractivity contribution >= 4 is 34.9 Å². The number of benzene rings is 1. The van der Waals surface area contributed by atoms with Gasteiger partial charge in [-0.2, -0.15) is 0 Å². The van der Waals surface area contributed by atoms with Gasteiger partial charge in [-0.3, -0.25) is 28.8 Å². The van der Waals surface area contributed by atoms with Crippen molar-refractivity contribution in [3.05, 3.63) is 28.8 Å². The van der Waals surface area contributed by atoms with Gasteiger partial charge in [0.1, 0.15) is 5.75 Å². The number of carbonyl (C=O) groups is 6. The molecule has 3 aliphatic carbocycles. The highest BCUT2D eigenvalue weighted by atomic mass is 16.3. The Labute approximate surface area is 226 Å². The van der Waals surface area contributed by atoms with Crippen LogP contribution in [0.1, 0.15) is 68.4 Å². The van der Waals surface area contributed by atoms with Gasteiger partial charge in [-0.25, -0.2) is 0 Å². The van der Waals surface area contributed by atoms with Crippen LogP contribution in [0.15, 0.2) is 12.1 Å². The van der Waals surface area contributed by atoms with Gasteiger partial charge in [-0.05, 0) is 54.2 Å². The summed E-state index contributed by atoms with van der Waals surface area (Å²) in [6, 6.07) is 2.94. The molecular formula is C29H36N2O8. The van der Waals surface area contributed by atoms with Crippen molar-refractivity contribution in [2.45, 2.75) is 65.5 Å². The van der Waals surface area contributed by atoms with E-state index < -0.39 is 70.1 Å². The Bertz CT molecular complexity index is 1270. The van der Waals surface area contributed by atoms with E-state index in [1.54, 1.807) is 19.9 Å². The Hall–Kier alpha value is -3.40. The molecule has 39 heavy (non-hydrogen) atoms. The number of aromatic hydroxyl groups is 1. The molecule has 2 saturated carbocycles. The molecule has 10 nitrogen and oxygen atoms in total. The number of nitrogens with one attached hydrogen (secondary N) is 1. The number of phenols is 1. The number of phenolic OH excluding ortho intramolecular Hbond substituents is 1. The summed E-state index contributed by atoms with van der Waals surface area (Å²) in [6.07, 6.45) is 1.25. The fraction of sp³-hybridized carbons (Fsp3) is 0.586. The van der Waals surface area contributed by atoms with E-state index in [1.807, 2.05) is 13.8 Å². The van der Waals surface area contributed by atoms with Crippen molar-refractivity contribution in [3.8, 4) is 5.75 Å². The van der Waals surface area contributed by atoms with E-state index in [-0.39, 0.29) is 36.6 Å². The Morgan fingerprint density at radius 1 is 1.10 bits per heavy atom. The number of hydrogen-bond donors (Lipinski definition) is 4. The zero-order chi connectivity index (χ0) is 29.0. The largest absolute Gasteiger partial charge is 0.507 e. The molecule has 1 aromatic rings. The summed E-state index contributed by atoms with van der Waals surface area (Å²) in [5, 5.41) is 25.1. The number of aliphatic hydroxyl groups is 1. The molecule has 210 valence electrons. The number of ketones is 4. The van der Waals surface area contributed by atoms with Crippen LogP contribution in [0.3, 0.4) is 0 Å². The second-order valence-corrected chi connectivity index (χ2v) is 12.0. The van der Waals surface area contributed by atoms with Crippen molar-refractivity contribution in [3.63, 3.8) is 0 Å². The SMILES string of the molecule is CC(C)CCC(=O)NCc1ccc(O)c2c1C[C@H]1C[C@H]3[C@H](C(C)C)C(=O)C(C(N)=O)C(=O)[C@@]3(O)C(=O)C1C2=O. The van der Waals surface area contributed by atoms with Crippen molar-refractivity contribution in [1.29, 1.82) is 0 Å². The molecule has 0 spiro atoms. The van der Waals surface area contributed by atoms with Gasteiger partial charge < -0.3 is 21.3 Å². The van der Waals surface area contributed by atoms with Gasteiger partial charge in [0.05, 0.1) is 11.5 Å². The van der Waals surface area contributed by atoms with Crippen molar-refractivity contribution in [1.82, 2.24) is 5.32 Å². The maximum atomic E-state index is 13.8.